The van der Waals surface area contributed by atoms with Gasteiger partial charge in [-0.25, -0.2) is 0 Å². The number of hydrogen-bond acceptors (Lipinski definition) is 3. The Hall–Kier alpha value is -3.69. The van der Waals surface area contributed by atoms with Gasteiger partial charge >= 0.3 is 5.97 Å². The van der Waals surface area contributed by atoms with Gasteiger partial charge in [0.1, 0.15) is 6.10 Å². The summed E-state index contributed by atoms with van der Waals surface area (Å²) in [5.74, 6) is -0.0386. The van der Waals surface area contributed by atoms with Gasteiger partial charge in [0, 0.05) is 5.92 Å². The SMILES string of the molecule is O=C1O[C@H](COCc2ccccc2)[C@@H](Cc2ccccc2)[C@H](Cc2ccccc2)[C@H]1Cc1ccccc1. The topological polar surface area (TPSA) is 35.5 Å². The molecule has 5 rings (SSSR count). The lowest BCUT2D eigenvalue weighted by Crippen LogP contribution is -2.49. The minimum absolute atomic E-state index is 0.109. The first-order valence-corrected chi connectivity index (χ1v) is 13.2. The van der Waals surface area contributed by atoms with Crippen LogP contribution in [0.3, 0.4) is 0 Å². The second kappa shape index (κ2) is 12.5. The molecule has 1 aliphatic heterocycles. The molecule has 1 aliphatic rings. The molecule has 0 radical (unpaired) electrons. The van der Waals surface area contributed by atoms with Crippen LogP contribution in [0.15, 0.2) is 121 Å². The Balaban J connectivity index is 1.43. The number of cyclic esters (lactones) is 1. The fraction of sp³-hybridized carbons (Fsp3) is 0.265. The predicted molar refractivity (Wildman–Crippen MR) is 147 cm³/mol. The lowest BCUT2D eigenvalue weighted by Gasteiger charge is -2.42. The zero-order valence-electron chi connectivity index (χ0n) is 21.1. The largest absolute Gasteiger partial charge is 0.459 e. The van der Waals surface area contributed by atoms with E-state index < -0.39 is 0 Å². The first kappa shape index (κ1) is 25.0. The molecular weight excluding hydrogens is 456 g/mol. The molecule has 188 valence electrons. The second-order valence-electron chi connectivity index (χ2n) is 9.98. The summed E-state index contributed by atoms with van der Waals surface area (Å²) in [6, 6.07) is 41.5. The Morgan fingerprint density at radius 3 is 1.49 bits per heavy atom. The summed E-state index contributed by atoms with van der Waals surface area (Å²) in [5, 5.41) is 0. The summed E-state index contributed by atoms with van der Waals surface area (Å²) in [4.78, 5) is 13.6. The van der Waals surface area contributed by atoms with Gasteiger partial charge in [0.05, 0.1) is 19.1 Å². The normalized spacial score (nSPS) is 21.4. The molecule has 0 unspecified atom stereocenters. The lowest BCUT2D eigenvalue weighted by atomic mass is 9.69. The zero-order chi connectivity index (χ0) is 25.3. The summed E-state index contributed by atoms with van der Waals surface area (Å²) >= 11 is 0. The van der Waals surface area contributed by atoms with Crippen molar-refractivity contribution in [1.82, 2.24) is 0 Å². The van der Waals surface area contributed by atoms with E-state index in [0.717, 1.165) is 18.4 Å². The molecule has 3 heteroatoms. The Labute approximate surface area is 220 Å². The smallest absolute Gasteiger partial charge is 0.309 e. The monoisotopic (exact) mass is 490 g/mol. The van der Waals surface area contributed by atoms with Crippen LogP contribution < -0.4 is 0 Å². The predicted octanol–water partition coefficient (Wildman–Crippen LogP) is 6.71. The highest BCUT2D eigenvalue weighted by Gasteiger charge is 2.45. The molecule has 4 atom stereocenters. The van der Waals surface area contributed by atoms with Crippen LogP contribution >= 0.6 is 0 Å². The molecule has 37 heavy (non-hydrogen) atoms. The van der Waals surface area contributed by atoms with Gasteiger partial charge in [0.2, 0.25) is 0 Å². The Morgan fingerprint density at radius 1 is 0.541 bits per heavy atom. The number of benzene rings is 4. The molecule has 0 aliphatic carbocycles. The van der Waals surface area contributed by atoms with Crippen LogP contribution in [0.1, 0.15) is 22.3 Å². The van der Waals surface area contributed by atoms with E-state index in [1.165, 1.54) is 16.7 Å². The summed E-state index contributed by atoms with van der Waals surface area (Å²) in [6.07, 6.45) is 2.06. The maximum absolute atomic E-state index is 13.6. The molecule has 3 nitrogen and oxygen atoms in total. The second-order valence-corrected chi connectivity index (χ2v) is 9.98. The highest BCUT2D eigenvalue weighted by Crippen LogP contribution is 2.39. The van der Waals surface area contributed by atoms with Crippen molar-refractivity contribution >= 4 is 5.97 Å². The molecule has 4 aromatic rings. The van der Waals surface area contributed by atoms with Crippen LogP contribution in [0.5, 0.6) is 0 Å². The number of hydrogen-bond donors (Lipinski definition) is 0. The third-order valence-electron chi connectivity index (χ3n) is 7.44. The van der Waals surface area contributed by atoms with E-state index >= 15 is 0 Å². The van der Waals surface area contributed by atoms with Crippen LogP contribution in [0.25, 0.3) is 0 Å². The minimum atomic E-state index is -0.294. The molecule has 0 amide bonds. The minimum Gasteiger partial charge on any atom is -0.459 e. The Morgan fingerprint density at radius 2 is 0.973 bits per heavy atom. The summed E-state index contributed by atoms with van der Waals surface area (Å²) in [5.41, 5.74) is 4.80. The van der Waals surface area contributed by atoms with Crippen LogP contribution in [0, 0.1) is 17.8 Å². The summed E-state index contributed by atoms with van der Waals surface area (Å²) in [7, 11) is 0. The van der Waals surface area contributed by atoms with Gasteiger partial charge in [-0.1, -0.05) is 121 Å². The Bertz CT molecular complexity index is 1230. The van der Waals surface area contributed by atoms with Crippen molar-refractivity contribution in [3.63, 3.8) is 0 Å². The fourth-order valence-corrected chi connectivity index (χ4v) is 5.55. The first-order chi connectivity index (χ1) is 18.3. The molecule has 1 fully saturated rings. The van der Waals surface area contributed by atoms with Crippen molar-refractivity contribution in [3.05, 3.63) is 144 Å². The third-order valence-corrected chi connectivity index (χ3v) is 7.44. The van der Waals surface area contributed by atoms with Crippen molar-refractivity contribution in [2.24, 2.45) is 17.8 Å². The number of ether oxygens (including phenoxy) is 2. The van der Waals surface area contributed by atoms with Gasteiger partial charge in [-0.3, -0.25) is 4.79 Å². The van der Waals surface area contributed by atoms with Crippen LogP contribution in [0.2, 0.25) is 0 Å². The van der Waals surface area contributed by atoms with E-state index in [-0.39, 0.29) is 29.8 Å². The van der Waals surface area contributed by atoms with E-state index in [9.17, 15) is 4.79 Å². The fourth-order valence-electron chi connectivity index (χ4n) is 5.55. The molecule has 0 saturated carbocycles. The van der Waals surface area contributed by atoms with E-state index in [1.54, 1.807) is 0 Å². The van der Waals surface area contributed by atoms with Crippen LogP contribution in [0.4, 0.5) is 0 Å². The quantitative estimate of drug-likeness (QED) is 0.232. The molecule has 1 saturated heterocycles. The van der Waals surface area contributed by atoms with E-state index in [1.807, 2.05) is 48.5 Å². The zero-order valence-corrected chi connectivity index (χ0v) is 21.1. The molecule has 0 N–H and O–H groups in total. The maximum atomic E-state index is 13.6. The third kappa shape index (κ3) is 6.75. The van der Waals surface area contributed by atoms with Gasteiger partial charge in [0.25, 0.3) is 0 Å². The number of rotatable bonds is 10. The lowest BCUT2D eigenvalue weighted by molar-refractivity contribution is -0.178. The molecule has 0 aromatic heterocycles. The number of carbonyl (C=O) groups excluding carboxylic acids is 1. The average Bonchev–Trinajstić information content (AvgIpc) is 2.95. The molecule has 0 bridgehead atoms. The number of esters is 1. The van der Waals surface area contributed by atoms with Gasteiger partial charge in [-0.15, -0.1) is 0 Å². The summed E-state index contributed by atoms with van der Waals surface area (Å²) in [6.45, 7) is 0.894. The Kier molecular flexibility index (Phi) is 8.45. The first-order valence-electron chi connectivity index (χ1n) is 13.2. The van der Waals surface area contributed by atoms with Crippen molar-refractivity contribution < 1.29 is 14.3 Å². The van der Waals surface area contributed by atoms with Crippen LogP contribution in [-0.2, 0) is 40.1 Å². The highest BCUT2D eigenvalue weighted by atomic mass is 16.6. The average molecular weight is 491 g/mol. The van der Waals surface area contributed by atoms with Crippen molar-refractivity contribution in [2.75, 3.05) is 6.61 Å². The molecule has 1 heterocycles. The van der Waals surface area contributed by atoms with E-state index in [0.29, 0.717) is 19.6 Å². The van der Waals surface area contributed by atoms with Crippen molar-refractivity contribution in [3.8, 4) is 0 Å². The van der Waals surface area contributed by atoms with Crippen molar-refractivity contribution in [1.29, 1.82) is 0 Å². The molecular formula is C34H34O3. The summed E-state index contributed by atoms with van der Waals surface area (Å²) < 4.78 is 12.3. The van der Waals surface area contributed by atoms with E-state index in [2.05, 4.69) is 72.8 Å². The van der Waals surface area contributed by atoms with Gasteiger partial charge in [-0.2, -0.15) is 0 Å². The van der Waals surface area contributed by atoms with E-state index in [4.69, 9.17) is 9.47 Å². The van der Waals surface area contributed by atoms with Crippen LogP contribution in [-0.4, -0.2) is 18.7 Å². The maximum Gasteiger partial charge on any atom is 0.309 e. The molecule has 0 spiro atoms. The number of carbonyl (C=O) groups is 1. The van der Waals surface area contributed by atoms with Gasteiger partial charge in [0.15, 0.2) is 0 Å². The van der Waals surface area contributed by atoms with Gasteiger partial charge < -0.3 is 9.47 Å². The standard InChI is InChI=1S/C34H34O3/c35-34-32(23-28-17-9-3-10-18-28)30(21-26-13-5-1-6-14-26)31(22-27-15-7-2-8-16-27)33(37-34)25-36-24-29-19-11-4-12-20-29/h1-20,30-33H,21-25H2/t30-,31-,32+,33+/m0/s1. The highest BCUT2D eigenvalue weighted by molar-refractivity contribution is 5.74. The molecule has 4 aromatic carbocycles. The van der Waals surface area contributed by atoms with Crippen molar-refractivity contribution in [2.45, 2.75) is 32.0 Å². The van der Waals surface area contributed by atoms with Gasteiger partial charge in [-0.05, 0) is 47.4 Å².